The third kappa shape index (κ3) is 4.91. The van der Waals surface area contributed by atoms with Gasteiger partial charge in [0.2, 0.25) is 6.79 Å². The molecule has 1 unspecified atom stereocenters. The van der Waals surface area contributed by atoms with Crippen LogP contribution in [0.4, 0.5) is 0 Å². The lowest BCUT2D eigenvalue weighted by Gasteiger charge is -2.24. The quantitative estimate of drug-likeness (QED) is 0.383. The molecular weight excluding hydrogens is 472 g/mol. The van der Waals surface area contributed by atoms with Crippen molar-refractivity contribution >= 4 is 23.4 Å². The van der Waals surface area contributed by atoms with Crippen molar-refractivity contribution in [2.45, 2.75) is 31.6 Å². The van der Waals surface area contributed by atoms with E-state index < -0.39 is 11.9 Å². The molecule has 5 rings (SSSR count). The zero-order valence-electron chi connectivity index (χ0n) is 18.8. The summed E-state index contributed by atoms with van der Waals surface area (Å²) in [5.74, 6) is 1.32. The van der Waals surface area contributed by atoms with Crippen LogP contribution < -0.4 is 18.9 Å². The molecule has 3 aromatic carbocycles. The molecule has 3 aromatic rings. The summed E-state index contributed by atoms with van der Waals surface area (Å²) in [6.07, 6.45) is 2.22. The SMILES string of the molecule is O=C(CCCc1cccc2c1OCO2)c1ccc(Oc2cc3c(cc2Cl)C(C(=O)O)CCO3)cc1. The van der Waals surface area contributed by atoms with Gasteiger partial charge in [0.05, 0.1) is 17.5 Å². The van der Waals surface area contributed by atoms with Gasteiger partial charge in [0.1, 0.15) is 17.2 Å². The number of fused-ring (bicyclic) bond motifs is 2. The van der Waals surface area contributed by atoms with Gasteiger partial charge >= 0.3 is 5.97 Å². The Morgan fingerprint density at radius 3 is 2.66 bits per heavy atom. The van der Waals surface area contributed by atoms with E-state index in [0.717, 1.165) is 23.5 Å². The highest BCUT2D eigenvalue weighted by atomic mass is 35.5. The first-order valence-corrected chi connectivity index (χ1v) is 11.7. The maximum absolute atomic E-state index is 12.7. The van der Waals surface area contributed by atoms with E-state index in [1.54, 1.807) is 36.4 Å². The van der Waals surface area contributed by atoms with Crippen molar-refractivity contribution in [2.75, 3.05) is 13.4 Å². The summed E-state index contributed by atoms with van der Waals surface area (Å²) in [5, 5.41) is 9.73. The van der Waals surface area contributed by atoms with Crippen LogP contribution in [0.25, 0.3) is 0 Å². The predicted molar refractivity (Wildman–Crippen MR) is 128 cm³/mol. The Morgan fingerprint density at radius 1 is 1.03 bits per heavy atom. The Kier molecular flexibility index (Phi) is 6.51. The first-order valence-electron chi connectivity index (χ1n) is 11.4. The minimum absolute atomic E-state index is 0.0428. The summed E-state index contributed by atoms with van der Waals surface area (Å²) in [5.41, 5.74) is 2.18. The summed E-state index contributed by atoms with van der Waals surface area (Å²) >= 11 is 6.36. The second kappa shape index (κ2) is 9.88. The zero-order valence-corrected chi connectivity index (χ0v) is 19.5. The number of carbonyl (C=O) groups is 2. The van der Waals surface area contributed by atoms with Crippen LogP contribution in [0.5, 0.6) is 28.7 Å². The van der Waals surface area contributed by atoms with E-state index in [4.69, 9.17) is 30.5 Å². The highest BCUT2D eigenvalue weighted by Crippen LogP contribution is 2.42. The zero-order chi connectivity index (χ0) is 24.4. The first-order chi connectivity index (χ1) is 17.0. The van der Waals surface area contributed by atoms with E-state index in [9.17, 15) is 14.7 Å². The molecule has 2 heterocycles. The molecule has 0 amide bonds. The summed E-state index contributed by atoms with van der Waals surface area (Å²) in [6, 6.07) is 15.8. The van der Waals surface area contributed by atoms with Gasteiger partial charge in [-0.15, -0.1) is 0 Å². The Bertz CT molecular complexity index is 1270. The van der Waals surface area contributed by atoms with Gasteiger partial charge in [-0.2, -0.15) is 0 Å². The Labute approximate surface area is 207 Å². The molecule has 180 valence electrons. The molecule has 35 heavy (non-hydrogen) atoms. The number of halogens is 1. The number of aryl methyl sites for hydroxylation is 1. The molecule has 0 radical (unpaired) electrons. The molecule has 0 saturated heterocycles. The number of Topliss-reactive ketones (excluding diaryl/α,β-unsaturated/α-hetero) is 1. The molecule has 1 atom stereocenters. The highest BCUT2D eigenvalue weighted by Gasteiger charge is 2.29. The number of hydrogen-bond acceptors (Lipinski definition) is 6. The minimum atomic E-state index is -0.908. The normalized spacial score (nSPS) is 15.7. The lowest BCUT2D eigenvalue weighted by molar-refractivity contribution is -0.139. The van der Waals surface area contributed by atoms with E-state index in [0.29, 0.717) is 59.3 Å². The summed E-state index contributed by atoms with van der Waals surface area (Å²) in [6.45, 7) is 0.543. The summed E-state index contributed by atoms with van der Waals surface area (Å²) < 4.78 is 22.4. The van der Waals surface area contributed by atoms with Gasteiger partial charge in [-0.1, -0.05) is 23.7 Å². The van der Waals surface area contributed by atoms with Gasteiger partial charge < -0.3 is 24.1 Å². The molecule has 0 aliphatic carbocycles. The van der Waals surface area contributed by atoms with Crippen LogP contribution >= 0.6 is 11.6 Å². The van der Waals surface area contributed by atoms with E-state index in [2.05, 4.69) is 0 Å². The van der Waals surface area contributed by atoms with Gasteiger partial charge in [-0.3, -0.25) is 9.59 Å². The summed E-state index contributed by atoms with van der Waals surface area (Å²) in [4.78, 5) is 24.2. The first kappa shape index (κ1) is 23.1. The van der Waals surface area contributed by atoms with Gasteiger partial charge in [-0.25, -0.2) is 0 Å². The van der Waals surface area contributed by atoms with Crippen LogP contribution in [-0.2, 0) is 11.2 Å². The highest BCUT2D eigenvalue weighted by molar-refractivity contribution is 6.32. The fourth-order valence-electron chi connectivity index (χ4n) is 4.33. The third-order valence-electron chi connectivity index (χ3n) is 6.13. The average molecular weight is 495 g/mol. The Balaban J connectivity index is 1.20. The van der Waals surface area contributed by atoms with Crippen LogP contribution in [0, 0.1) is 0 Å². The van der Waals surface area contributed by atoms with Gasteiger partial charge in [0, 0.05) is 23.6 Å². The van der Waals surface area contributed by atoms with Crippen molar-refractivity contribution in [3.05, 3.63) is 76.3 Å². The molecular formula is C27H23ClO7. The standard InChI is InChI=1S/C27H23ClO7/c28-21-13-20-19(27(30)31)11-12-32-24(20)14-25(21)35-18-9-7-16(8-10-18)22(29)5-1-3-17-4-2-6-23-26(17)34-15-33-23/h2,4,6-10,13-14,19H,1,3,5,11-12,15H2,(H,30,31). The van der Waals surface area contributed by atoms with Crippen LogP contribution in [-0.4, -0.2) is 30.3 Å². The number of carboxylic acid groups (broad SMARTS) is 1. The topological polar surface area (TPSA) is 91.3 Å². The van der Waals surface area contributed by atoms with Crippen molar-refractivity contribution in [1.82, 2.24) is 0 Å². The fraction of sp³-hybridized carbons (Fsp3) is 0.259. The van der Waals surface area contributed by atoms with Crippen molar-refractivity contribution in [3.63, 3.8) is 0 Å². The molecule has 7 nitrogen and oxygen atoms in total. The predicted octanol–water partition coefficient (Wildman–Crippen LogP) is 6.02. The Morgan fingerprint density at radius 2 is 1.86 bits per heavy atom. The number of aliphatic carboxylic acids is 1. The van der Waals surface area contributed by atoms with Crippen LogP contribution in [0.2, 0.25) is 5.02 Å². The van der Waals surface area contributed by atoms with Crippen molar-refractivity contribution < 1.29 is 33.6 Å². The minimum Gasteiger partial charge on any atom is -0.493 e. The lowest BCUT2D eigenvalue weighted by atomic mass is 9.93. The van der Waals surface area contributed by atoms with Gasteiger partial charge in [-0.05, 0) is 61.2 Å². The Hall–Kier alpha value is -3.71. The third-order valence-corrected chi connectivity index (χ3v) is 6.43. The molecule has 0 aromatic heterocycles. The van der Waals surface area contributed by atoms with Crippen molar-refractivity contribution in [3.8, 4) is 28.7 Å². The molecule has 2 aliphatic rings. The lowest BCUT2D eigenvalue weighted by Crippen LogP contribution is -2.20. The number of benzene rings is 3. The number of carboxylic acids is 1. The van der Waals surface area contributed by atoms with Crippen LogP contribution in [0.15, 0.2) is 54.6 Å². The van der Waals surface area contributed by atoms with Crippen LogP contribution in [0.3, 0.4) is 0 Å². The average Bonchev–Trinajstić information content (AvgIpc) is 3.34. The monoisotopic (exact) mass is 494 g/mol. The maximum atomic E-state index is 12.7. The largest absolute Gasteiger partial charge is 0.493 e. The number of rotatable bonds is 8. The number of hydrogen-bond donors (Lipinski definition) is 1. The molecule has 1 N–H and O–H groups in total. The second-order valence-corrected chi connectivity index (χ2v) is 8.81. The maximum Gasteiger partial charge on any atom is 0.311 e. The number of para-hydroxylation sites is 1. The summed E-state index contributed by atoms with van der Waals surface area (Å²) in [7, 11) is 0. The van der Waals surface area contributed by atoms with Crippen molar-refractivity contribution in [2.24, 2.45) is 0 Å². The molecule has 0 fully saturated rings. The van der Waals surface area contributed by atoms with Crippen molar-refractivity contribution in [1.29, 1.82) is 0 Å². The van der Waals surface area contributed by atoms with E-state index in [-0.39, 0.29) is 12.6 Å². The number of carbonyl (C=O) groups excluding carboxylic acids is 1. The number of ether oxygens (including phenoxy) is 4. The smallest absolute Gasteiger partial charge is 0.311 e. The molecule has 8 heteroatoms. The van der Waals surface area contributed by atoms with E-state index >= 15 is 0 Å². The van der Waals surface area contributed by atoms with Crippen LogP contribution in [0.1, 0.15) is 46.7 Å². The van der Waals surface area contributed by atoms with Gasteiger partial charge in [0.25, 0.3) is 0 Å². The molecule has 0 bridgehead atoms. The molecule has 0 saturated carbocycles. The number of ketones is 1. The second-order valence-electron chi connectivity index (χ2n) is 8.40. The molecule has 2 aliphatic heterocycles. The fourth-order valence-corrected chi connectivity index (χ4v) is 4.54. The van der Waals surface area contributed by atoms with E-state index in [1.165, 1.54) is 0 Å². The van der Waals surface area contributed by atoms with E-state index in [1.807, 2.05) is 18.2 Å². The van der Waals surface area contributed by atoms with Gasteiger partial charge in [0.15, 0.2) is 17.3 Å². The molecule has 0 spiro atoms.